The molecule has 4 heteroatoms. The molecule has 1 aliphatic rings. The summed E-state index contributed by atoms with van der Waals surface area (Å²) in [5.41, 5.74) is 0.876. The SMILES string of the molecule is CCC1(C(C#N)c2ccc(Cl)cc2)OCCO1. The topological polar surface area (TPSA) is 42.2 Å². The van der Waals surface area contributed by atoms with Crippen LogP contribution in [0.3, 0.4) is 0 Å². The van der Waals surface area contributed by atoms with Crippen LogP contribution in [0.4, 0.5) is 0 Å². The summed E-state index contributed by atoms with van der Waals surface area (Å²) in [5, 5.41) is 10.0. The van der Waals surface area contributed by atoms with Crippen LogP contribution in [-0.2, 0) is 9.47 Å². The highest BCUT2D eigenvalue weighted by atomic mass is 35.5. The Morgan fingerprint density at radius 2 is 1.94 bits per heavy atom. The summed E-state index contributed by atoms with van der Waals surface area (Å²) >= 11 is 5.84. The molecule has 1 unspecified atom stereocenters. The molecular weight excluding hydrogens is 238 g/mol. The molecule has 0 amide bonds. The summed E-state index contributed by atoms with van der Waals surface area (Å²) in [5.74, 6) is -1.23. The van der Waals surface area contributed by atoms with Gasteiger partial charge < -0.3 is 9.47 Å². The van der Waals surface area contributed by atoms with E-state index in [0.717, 1.165) is 5.56 Å². The Kier molecular flexibility index (Phi) is 3.68. The van der Waals surface area contributed by atoms with E-state index in [1.54, 1.807) is 12.1 Å². The molecule has 2 rings (SSSR count). The first-order valence-electron chi connectivity index (χ1n) is 5.65. The molecule has 0 radical (unpaired) electrons. The number of nitriles is 1. The zero-order valence-electron chi connectivity index (χ0n) is 9.65. The van der Waals surface area contributed by atoms with Crippen molar-refractivity contribution in [3.05, 3.63) is 34.9 Å². The zero-order chi connectivity index (χ0) is 12.3. The fraction of sp³-hybridized carbons (Fsp3) is 0.462. The Morgan fingerprint density at radius 3 is 2.41 bits per heavy atom. The van der Waals surface area contributed by atoms with Crippen LogP contribution in [0.5, 0.6) is 0 Å². The maximum absolute atomic E-state index is 9.36. The quantitative estimate of drug-likeness (QED) is 0.829. The lowest BCUT2D eigenvalue weighted by atomic mass is 9.90. The molecule has 1 saturated heterocycles. The average molecular weight is 252 g/mol. The minimum atomic E-state index is -0.803. The number of benzene rings is 1. The van der Waals surface area contributed by atoms with E-state index in [1.807, 2.05) is 19.1 Å². The Morgan fingerprint density at radius 1 is 1.35 bits per heavy atom. The number of hydrogen-bond donors (Lipinski definition) is 0. The monoisotopic (exact) mass is 251 g/mol. The van der Waals surface area contributed by atoms with Crippen LogP contribution >= 0.6 is 11.6 Å². The first-order valence-corrected chi connectivity index (χ1v) is 6.02. The van der Waals surface area contributed by atoms with Gasteiger partial charge >= 0.3 is 0 Å². The summed E-state index contributed by atoms with van der Waals surface area (Å²) < 4.78 is 11.3. The van der Waals surface area contributed by atoms with Gasteiger partial charge in [0, 0.05) is 11.4 Å². The van der Waals surface area contributed by atoms with Crippen LogP contribution in [0.15, 0.2) is 24.3 Å². The van der Waals surface area contributed by atoms with Crippen LogP contribution in [-0.4, -0.2) is 19.0 Å². The highest BCUT2D eigenvalue weighted by Gasteiger charge is 2.44. The van der Waals surface area contributed by atoms with Crippen molar-refractivity contribution in [1.82, 2.24) is 0 Å². The lowest BCUT2D eigenvalue weighted by Gasteiger charge is -2.30. The Balaban J connectivity index is 2.33. The second-order valence-electron chi connectivity index (χ2n) is 3.98. The Labute approximate surface area is 106 Å². The maximum atomic E-state index is 9.36. The third kappa shape index (κ3) is 2.30. The molecule has 1 fully saturated rings. The summed E-state index contributed by atoms with van der Waals surface area (Å²) in [7, 11) is 0. The van der Waals surface area contributed by atoms with Gasteiger partial charge in [0.25, 0.3) is 0 Å². The zero-order valence-corrected chi connectivity index (χ0v) is 10.4. The molecule has 1 aliphatic heterocycles. The largest absolute Gasteiger partial charge is 0.346 e. The number of halogens is 1. The number of rotatable bonds is 3. The predicted octanol–water partition coefficient (Wildman–Crippen LogP) is 3.10. The lowest BCUT2D eigenvalue weighted by molar-refractivity contribution is -0.166. The van der Waals surface area contributed by atoms with E-state index < -0.39 is 11.7 Å². The molecule has 3 nitrogen and oxygen atoms in total. The molecule has 0 spiro atoms. The number of ether oxygens (including phenoxy) is 2. The van der Waals surface area contributed by atoms with E-state index in [-0.39, 0.29) is 0 Å². The first-order chi connectivity index (χ1) is 8.22. The van der Waals surface area contributed by atoms with Crippen LogP contribution in [0.1, 0.15) is 24.8 Å². The maximum Gasteiger partial charge on any atom is 0.188 e. The van der Waals surface area contributed by atoms with Gasteiger partial charge in [0.2, 0.25) is 0 Å². The standard InChI is InChI=1S/C13H14ClNO2/c1-2-13(16-7-8-17-13)12(9-15)10-3-5-11(14)6-4-10/h3-6,12H,2,7-8H2,1H3. The van der Waals surface area contributed by atoms with Crippen molar-refractivity contribution in [2.24, 2.45) is 0 Å². The van der Waals surface area contributed by atoms with E-state index in [4.69, 9.17) is 21.1 Å². The van der Waals surface area contributed by atoms with Crippen molar-refractivity contribution < 1.29 is 9.47 Å². The number of nitrogens with zero attached hydrogens (tertiary/aromatic N) is 1. The van der Waals surface area contributed by atoms with Crippen LogP contribution in [0, 0.1) is 11.3 Å². The predicted molar refractivity (Wildman–Crippen MR) is 64.7 cm³/mol. The van der Waals surface area contributed by atoms with Crippen LogP contribution in [0.25, 0.3) is 0 Å². The van der Waals surface area contributed by atoms with Crippen molar-refractivity contribution in [1.29, 1.82) is 5.26 Å². The van der Waals surface area contributed by atoms with Crippen molar-refractivity contribution in [2.45, 2.75) is 25.0 Å². The van der Waals surface area contributed by atoms with E-state index in [9.17, 15) is 5.26 Å². The van der Waals surface area contributed by atoms with Gasteiger partial charge in [-0.2, -0.15) is 5.26 Å². The van der Waals surface area contributed by atoms with Crippen molar-refractivity contribution in [3.63, 3.8) is 0 Å². The molecule has 17 heavy (non-hydrogen) atoms. The van der Waals surface area contributed by atoms with Crippen molar-refractivity contribution >= 4 is 11.6 Å². The molecule has 1 heterocycles. The van der Waals surface area contributed by atoms with E-state index in [0.29, 0.717) is 24.7 Å². The number of hydrogen-bond acceptors (Lipinski definition) is 3. The highest BCUT2D eigenvalue weighted by Crippen LogP contribution is 2.38. The van der Waals surface area contributed by atoms with Gasteiger partial charge in [-0.1, -0.05) is 30.7 Å². The van der Waals surface area contributed by atoms with Crippen LogP contribution in [0.2, 0.25) is 5.02 Å². The molecule has 1 aromatic rings. The van der Waals surface area contributed by atoms with Gasteiger partial charge in [0.1, 0.15) is 5.92 Å². The van der Waals surface area contributed by atoms with E-state index in [1.165, 1.54) is 0 Å². The third-order valence-electron chi connectivity index (χ3n) is 3.04. The van der Waals surface area contributed by atoms with Gasteiger partial charge in [0.15, 0.2) is 5.79 Å². The second-order valence-corrected chi connectivity index (χ2v) is 4.41. The summed E-state index contributed by atoms with van der Waals surface area (Å²) in [6.07, 6.45) is 0.647. The Hall–Kier alpha value is -1.08. The highest BCUT2D eigenvalue weighted by molar-refractivity contribution is 6.30. The molecule has 0 N–H and O–H groups in total. The summed E-state index contributed by atoms with van der Waals surface area (Å²) in [6, 6.07) is 9.52. The fourth-order valence-corrected chi connectivity index (χ4v) is 2.25. The first kappa shape index (κ1) is 12.4. The van der Waals surface area contributed by atoms with E-state index >= 15 is 0 Å². The molecule has 90 valence electrons. The normalized spacial score (nSPS) is 19.8. The minimum absolute atomic E-state index is 0.424. The molecule has 1 aromatic carbocycles. The summed E-state index contributed by atoms with van der Waals surface area (Å²) in [4.78, 5) is 0. The van der Waals surface area contributed by atoms with Crippen molar-refractivity contribution in [3.8, 4) is 6.07 Å². The second kappa shape index (κ2) is 5.05. The van der Waals surface area contributed by atoms with Crippen molar-refractivity contribution in [2.75, 3.05) is 13.2 Å². The van der Waals surface area contributed by atoms with Gasteiger partial charge in [-0.25, -0.2) is 0 Å². The molecular formula is C13H14ClNO2. The lowest BCUT2D eigenvalue weighted by Crippen LogP contribution is -2.36. The molecule has 1 atom stereocenters. The van der Waals surface area contributed by atoms with Gasteiger partial charge in [-0.05, 0) is 17.7 Å². The van der Waals surface area contributed by atoms with Gasteiger partial charge in [0.05, 0.1) is 19.3 Å². The van der Waals surface area contributed by atoms with Crippen LogP contribution < -0.4 is 0 Å². The summed E-state index contributed by atoms with van der Waals surface area (Å²) in [6.45, 7) is 3.05. The molecule has 0 bridgehead atoms. The van der Waals surface area contributed by atoms with Gasteiger partial charge in [-0.3, -0.25) is 0 Å². The third-order valence-corrected chi connectivity index (χ3v) is 3.29. The molecule has 0 saturated carbocycles. The smallest absolute Gasteiger partial charge is 0.188 e. The Bertz CT molecular complexity index is 418. The fourth-order valence-electron chi connectivity index (χ4n) is 2.13. The molecule has 0 aromatic heterocycles. The molecule has 0 aliphatic carbocycles. The average Bonchev–Trinajstić information content (AvgIpc) is 2.82. The van der Waals surface area contributed by atoms with Gasteiger partial charge in [-0.15, -0.1) is 0 Å². The minimum Gasteiger partial charge on any atom is -0.346 e. The van der Waals surface area contributed by atoms with E-state index in [2.05, 4.69) is 6.07 Å².